The summed E-state index contributed by atoms with van der Waals surface area (Å²) in [5, 5.41) is 9.60. The van der Waals surface area contributed by atoms with E-state index in [9.17, 15) is 13.5 Å². The second-order valence-corrected chi connectivity index (χ2v) is 7.10. The summed E-state index contributed by atoms with van der Waals surface area (Å²) in [6.45, 7) is 1.98. The monoisotopic (exact) mass is 284 g/mol. The SMILES string of the molecule is CC1CCC(CO)(NS(=O)(=O)c2cccnc2)CC1. The summed E-state index contributed by atoms with van der Waals surface area (Å²) in [6, 6.07) is 3.09. The molecule has 1 aromatic heterocycles. The van der Waals surface area contributed by atoms with E-state index in [2.05, 4.69) is 16.6 Å². The van der Waals surface area contributed by atoms with E-state index in [4.69, 9.17) is 0 Å². The first-order valence-corrected chi connectivity index (χ1v) is 8.01. The summed E-state index contributed by atoms with van der Waals surface area (Å²) in [7, 11) is -3.62. The second-order valence-electron chi connectivity index (χ2n) is 5.42. The number of sulfonamides is 1. The van der Waals surface area contributed by atoms with Gasteiger partial charge >= 0.3 is 0 Å². The number of aliphatic hydroxyl groups is 1. The molecule has 19 heavy (non-hydrogen) atoms. The van der Waals surface area contributed by atoms with Gasteiger partial charge in [0, 0.05) is 12.4 Å². The molecule has 6 heteroatoms. The van der Waals surface area contributed by atoms with Crippen LogP contribution in [0.2, 0.25) is 0 Å². The van der Waals surface area contributed by atoms with E-state index >= 15 is 0 Å². The number of pyridine rings is 1. The van der Waals surface area contributed by atoms with Crippen LogP contribution >= 0.6 is 0 Å². The van der Waals surface area contributed by atoms with Crippen molar-refractivity contribution < 1.29 is 13.5 Å². The lowest BCUT2D eigenvalue weighted by molar-refractivity contribution is 0.125. The minimum absolute atomic E-state index is 0.140. The Morgan fingerprint density at radius 1 is 1.47 bits per heavy atom. The molecule has 5 nitrogen and oxygen atoms in total. The van der Waals surface area contributed by atoms with Gasteiger partial charge in [-0.05, 0) is 43.7 Å². The fraction of sp³-hybridized carbons (Fsp3) is 0.615. The van der Waals surface area contributed by atoms with Gasteiger partial charge in [-0.15, -0.1) is 0 Å². The maximum Gasteiger partial charge on any atom is 0.242 e. The number of rotatable bonds is 4. The molecule has 2 rings (SSSR count). The second kappa shape index (κ2) is 5.56. The van der Waals surface area contributed by atoms with Crippen LogP contribution in [0.1, 0.15) is 32.6 Å². The Morgan fingerprint density at radius 2 is 2.16 bits per heavy atom. The van der Waals surface area contributed by atoms with Gasteiger partial charge < -0.3 is 5.11 Å². The smallest absolute Gasteiger partial charge is 0.242 e. The molecule has 1 aliphatic carbocycles. The number of aromatic nitrogens is 1. The third-order valence-corrected chi connectivity index (χ3v) is 5.39. The third kappa shape index (κ3) is 3.32. The average Bonchev–Trinajstić information content (AvgIpc) is 2.42. The highest BCUT2D eigenvalue weighted by Gasteiger charge is 2.37. The molecule has 0 atom stereocenters. The van der Waals surface area contributed by atoms with E-state index in [0.717, 1.165) is 12.8 Å². The van der Waals surface area contributed by atoms with Gasteiger partial charge in [0.2, 0.25) is 10.0 Å². The molecule has 0 aromatic carbocycles. The predicted octanol–water partition coefficient (Wildman–Crippen LogP) is 1.30. The summed E-state index contributed by atoms with van der Waals surface area (Å²) < 4.78 is 27.2. The van der Waals surface area contributed by atoms with Crippen LogP contribution in [0.15, 0.2) is 29.4 Å². The zero-order chi connectivity index (χ0) is 13.9. The molecule has 0 bridgehead atoms. The van der Waals surface area contributed by atoms with Crippen molar-refractivity contribution in [3.63, 3.8) is 0 Å². The third-order valence-electron chi connectivity index (χ3n) is 3.83. The van der Waals surface area contributed by atoms with Crippen molar-refractivity contribution in [3.05, 3.63) is 24.5 Å². The van der Waals surface area contributed by atoms with Gasteiger partial charge in [0.05, 0.1) is 12.1 Å². The van der Waals surface area contributed by atoms with Crippen molar-refractivity contribution >= 4 is 10.0 Å². The normalized spacial score (nSPS) is 28.2. The number of nitrogens with one attached hydrogen (secondary N) is 1. The Bertz CT molecular complexity index is 508. The molecule has 2 N–H and O–H groups in total. The van der Waals surface area contributed by atoms with Crippen molar-refractivity contribution in [2.75, 3.05) is 6.61 Å². The largest absolute Gasteiger partial charge is 0.394 e. The first-order valence-electron chi connectivity index (χ1n) is 6.52. The van der Waals surface area contributed by atoms with Crippen molar-refractivity contribution in [2.45, 2.75) is 43.0 Å². The molecule has 0 amide bonds. The summed E-state index contributed by atoms with van der Waals surface area (Å²) >= 11 is 0. The molecular formula is C13H20N2O3S. The lowest BCUT2D eigenvalue weighted by Crippen LogP contribution is -2.53. The quantitative estimate of drug-likeness (QED) is 0.873. The number of nitrogens with zero attached hydrogens (tertiary/aromatic N) is 1. The highest BCUT2D eigenvalue weighted by Crippen LogP contribution is 2.32. The standard InChI is InChI=1S/C13H20N2O3S/c1-11-4-6-13(10-16,7-5-11)15-19(17,18)12-3-2-8-14-9-12/h2-3,8-9,11,15-16H,4-7,10H2,1H3. The van der Waals surface area contributed by atoms with Crippen molar-refractivity contribution in [3.8, 4) is 0 Å². The molecule has 1 aliphatic rings. The van der Waals surface area contributed by atoms with E-state index in [0.29, 0.717) is 18.8 Å². The van der Waals surface area contributed by atoms with Crippen LogP contribution in [0.25, 0.3) is 0 Å². The molecular weight excluding hydrogens is 264 g/mol. The van der Waals surface area contributed by atoms with Gasteiger partial charge in [-0.25, -0.2) is 13.1 Å². The maximum atomic E-state index is 12.3. The molecule has 0 radical (unpaired) electrons. The van der Waals surface area contributed by atoms with Crippen LogP contribution in [0.5, 0.6) is 0 Å². The van der Waals surface area contributed by atoms with Gasteiger partial charge in [0.1, 0.15) is 4.90 Å². The molecule has 0 saturated heterocycles. The van der Waals surface area contributed by atoms with Crippen molar-refractivity contribution in [2.24, 2.45) is 5.92 Å². The summed E-state index contributed by atoms with van der Waals surface area (Å²) in [5.41, 5.74) is -0.721. The van der Waals surface area contributed by atoms with Crippen LogP contribution in [0.4, 0.5) is 0 Å². The summed E-state index contributed by atoms with van der Waals surface area (Å²) in [6.07, 6.45) is 6.04. The highest BCUT2D eigenvalue weighted by molar-refractivity contribution is 7.89. The zero-order valence-electron chi connectivity index (χ0n) is 11.0. The number of hydrogen-bond donors (Lipinski definition) is 2. The Kier molecular flexibility index (Phi) is 4.23. The molecule has 0 unspecified atom stereocenters. The molecule has 1 aromatic rings. The van der Waals surface area contributed by atoms with E-state index in [1.54, 1.807) is 6.07 Å². The van der Waals surface area contributed by atoms with Gasteiger partial charge in [-0.2, -0.15) is 0 Å². The molecule has 106 valence electrons. The van der Waals surface area contributed by atoms with E-state index in [1.165, 1.54) is 18.5 Å². The van der Waals surface area contributed by atoms with Crippen LogP contribution in [-0.2, 0) is 10.0 Å². The minimum Gasteiger partial charge on any atom is -0.394 e. The molecule has 1 fully saturated rings. The first-order chi connectivity index (χ1) is 8.97. The summed E-state index contributed by atoms with van der Waals surface area (Å²) in [5.74, 6) is 0.586. The van der Waals surface area contributed by atoms with Crippen LogP contribution < -0.4 is 4.72 Å². The predicted molar refractivity (Wildman–Crippen MR) is 72.0 cm³/mol. The van der Waals surface area contributed by atoms with E-state index < -0.39 is 15.6 Å². The van der Waals surface area contributed by atoms with Crippen LogP contribution in [-0.4, -0.2) is 30.7 Å². The molecule has 0 aliphatic heterocycles. The van der Waals surface area contributed by atoms with Gasteiger partial charge in [0.25, 0.3) is 0 Å². The topological polar surface area (TPSA) is 79.3 Å². The molecule has 1 heterocycles. The van der Waals surface area contributed by atoms with Crippen molar-refractivity contribution in [1.82, 2.24) is 9.71 Å². The van der Waals surface area contributed by atoms with Crippen LogP contribution in [0, 0.1) is 5.92 Å². The Labute approximate surface area is 114 Å². The lowest BCUT2D eigenvalue weighted by atomic mass is 9.78. The molecule has 1 saturated carbocycles. The Morgan fingerprint density at radius 3 is 2.68 bits per heavy atom. The zero-order valence-corrected chi connectivity index (χ0v) is 11.9. The van der Waals surface area contributed by atoms with Gasteiger partial charge in [0.15, 0.2) is 0 Å². The minimum atomic E-state index is -3.62. The first kappa shape index (κ1) is 14.4. The Balaban J connectivity index is 2.19. The lowest BCUT2D eigenvalue weighted by Gasteiger charge is -2.38. The number of hydrogen-bond acceptors (Lipinski definition) is 4. The van der Waals surface area contributed by atoms with E-state index in [-0.39, 0.29) is 11.5 Å². The van der Waals surface area contributed by atoms with Crippen molar-refractivity contribution in [1.29, 1.82) is 0 Å². The Hall–Kier alpha value is -0.980. The fourth-order valence-electron chi connectivity index (χ4n) is 2.46. The van der Waals surface area contributed by atoms with Gasteiger partial charge in [-0.1, -0.05) is 6.92 Å². The molecule has 0 spiro atoms. The van der Waals surface area contributed by atoms with E-state index in [1.807, 2.05) is 0 Å². The fourth-order valence-corrected chi connectivity index (χ4v) is 3.87. The average molecular weight is 284 g/mol. The van der Waals surface area contributed by atoms with Gasteiger partial charge in [-0.3, -0.25) is 4.98 Å². The maximum absolute atomic E-state index is 12.3. The summed E-state index contributed by atoms with van der Waals surface area (Å²) in [4.78, 5) is 3.96. The highest BCUT2D eigenvalue weighted by atomic mass is 32.2. The number of aliphatic hydroxyl groups excluding tert-OH is 1. The van der Waals surface area contributed by atoms with Crippen LogP contribution in [0.3, 0.4) is 0 Å².